The summed E-state index contributed by atoms with van der Waals surface area (Å²) in [5.74, 6) is -21.7. The number of morpholine rings is 2. The molecule has 0 aromatic carbocycles. The average Bonchev–Trinajstić information content (AvgIpc) is 1.79. The lowest BCUT2D eigenvalue weighted by molar-refractivity contribution is -0.160. The average molecular weight is 2310 g/mol. The molecule has 5 saturated carbocycles. The number of ether oxygens (including phenoxy) is 4. The molecular weight excluding hydrogens is 2200 g/mol. The van der Waals surface area contributed by atoms with E-state index in [2.05, 4.69) is 116 Å². The van der Waals surface area contributed by atoms with Crippen LogP contribution in [0.2, 0.25) is 20.6 Å². The van der Waals surface area contributed by atoms with Gasteiger partial charge in [0.05, 0.1) is 52.0 Å². The van der Waals surface area contributed by atoms with Gasteiger partial charge in [-0.25, -0.2) is 95.6 Å². The Bertz CT molecular complexity index is 5870. The standard InChI is InChI=1S/C18H23F3N6O.C14H15ClF3N5.C11H13ClF3N3O2S.C11H13ClF3N3S.C6H11F2N.C5H4ClFN2OS.C5H5FN2O2S.C5H7FO4.C4H6N2.C4H9NO.C2H6N2S/c1-12-4-7-27(25-12)17-23-15(22-13-2-5-18(20,21)6-3-13)14(19)16(24-17)26-8-10-28-11-9-26;1-8-4-7-23(22-8)13-20-11(15)10(16)12(21-13)19-9-2-5-14(17,18)6-3-9;1-21(19,20)10-17-8(12)7(13)9(18-10)16-6-2-4-11(14,15)5-3-6;1-19-10-17-8(12)7(13)9(18-10)16-6-2-4-11(14,15)5-3-6;7-6(8)3-1-5(9)2-4-6;1-11-5-8-3(6)2(7)4(10)9-5;1-11-5-7-3(9)2(6)4(10)8-5;1-9-4(7)3(6)5(8)10-2;1-4-2-3-5-6-4;1-3-6-4-2-5-1;1-5-2(3)4/h4,7,13H,2-3,5-6,8-11H2,1H3,(H,22,23,24);4,7,9H,2-3,5-6H2,1H3,(H,19,20,21);6H,2-5H2,1H3,(H,16,17,18);6H,2-5H2,1H3,(H,16,17,18);5H,1-4,9H2;1H3,(H,8,9,10);1H3,(H2,7,8,9,10);3H,1-2H3;2-3H,1H3,(H,5,6);5H,1-4H2;1H3,(H3,3,4). The number of aryl methyl sites for hydroxylation is 3. The normalized spacial score (nSPS) is 17.2. The Labute approximate surface area is 880 Å². The van der Waals surface area contributed by atoms with Crippen molar-refractivity contribution in [3.63, 3.8) is 0 Å². The number of alkyl halides is 11. The third kappa shape index (κ3) is 44.7. The second-order valence-electron chi connectivity index (χ2n) is 33.0. The number of nitrogens with two attached hydrogens (primary N) is 2. The van der Waals surface area contributed by atoms with Crippen molar-refractivity contribution in [2.45, 2.75) is 236 Å². The first-order valence-corrected chi connectivity index (χ1v) is 53.3. The minimum absolute atomic E-state index is 0.0143. The van der Waals surface area contributed by atoms with Gasteiger partial charge in [-0.15, -0.1) is 0 Å². The van der Waals surface area contributed by atoms with E-state index in [1.54, 1.807) is 67.6 Å². The van der Waals surface area contributed by atoms with E-state index in [-0.39, 0.29) is 201 Å². The van der Waals surface area contributed by atoms with E-state index in [0.717, 1.165) is 75.6 Å². The summed E-state index contributed by atoms with van der Waals surface area (Å²) in [5, 5.41) is 43.4. The first kappa shape index (κ1) is 128. The Kier molecular flexibility index (Phi) is 52.4. The van der Waals surface area contributed by atoms with Gasteiger partial charge in [-0.3, -0.25) is 30.1 Å². The van der Waals surface area contributed by atoms with E-state index < -0.39 is 131 Å². The van der Waals surface area contributed by atoms with Crippen molar-refractivity contribution in [1.29, 1.82) is 5.41 Å². The maximum absolute atomic E-state index is 15.2. The Morgan fingerprint density at radius 1 is 0.517 bits per heavy atom. The van der Waals surface area contributed by atoms with Crippen LogP contribution < -0.4 is 54.1 Å². The summed E-state index contributed by atoms with van der Waals surface area (Å²) in [7, 11) is -1.79. The molecule has 64 heteroatoms. The second kappa shape index (κ2) is 61.1. The molecule has 0 radical (unpaired) electrons. The monoisotopic (exact) mass is 2310 g/mol. The van der Waals surface area contributed by atoms with Crippen LogP contribution in [0.5, 0.6) is 5.88 Å². The molecule has 2 aliphatic heterocycles. The van der Waals surface area contributed by atoms with Gasteiger partial charge in [-0.2, -0.15) is 71.5 Å². The number of anilines is 5. The zero-order chi connectivity index (χ0) is 111. The molecule has 7 aliphatic rings. The summed E-state index contributed by atoms with van der Waals surface area (Å²) in [6, 6.07) is 4.32. The summed E-state index contributed by atoms with van der Waals surface area (Å²) < 4.78 is 268. The SMILES string of the molecule is C1COCCN1.COC(=O)C(F)C(=O)OC.CS(=O)(=O)c1nc(Cl)c(F)c(NC2CCC(F)(F)CC2)n1.CSC(=N)N.CSc1nc(Cl)c(F)c(=O)[nH]1.CSc1nc(Cl)c(F)c(NC2CCC(F)(F)CC2)n1.CSc1nc(O)c(F)c(=O)[nH]1.Cc1ccn(-c2nc(Cl)c(F)c(NC3CCC(F)(F)CC3)n2)n1.Cc1ccn(-c2nc(NC3CCC(F)(F)CC3)c(F)c(N3CCOCC3)n2)n1.Cc1ccn[nH]1.NC1CCC(F)(F)CC1. The molecule has 2 saturated heterocycles. The highest BCUT2D eigenvalue weighted by Crippen LogP contribution is 2.41. The Morgan fingerprint density at radius 2 is 0.879 bits per heavy atom. The van der Waals surface area contributed by atoms with Crippen LogP contribution in [0.25, 0.3) is 11.9 Å². The number of H-pyrrole nitrogens is 3. The van der Waals surface area contributed by atoms with Gasteiger partial charge in [0.25, 0.3) is 35.1 Å². The largest absolute Gasteiger partial charge is 0.491 e. The molecule has 0 spiro atoms. The van der Waals surface area contributed by atoms with Crippen LogP contribution in [0.1, 0.15) is 145 Å². The first-order chi connectivity index (χ1) is 69.9. The van der Waals surface area contributed by atoms with Crippen LogP contribution >= 0.6 is 93.5 Å². The van der Waals surface area contributed by atoms with Crippen LogP contribution in [0.3, 0.4) is 0 Å². The van der Waals surface area contributed by atoms with Crippen molar-refractivity contribution < 1.29 is 117 Å². The van der Waals surface area contributed by atoms with Gasteiger partial charge < -0.3 is 67.0 Å². The summed E-state index contributed by atoms with van der Waals surface area (Å²) in [6.07, 6.45) is 11.3. The molecule has 11 heterocycles. The molecule has 7 fully saturated rings. The molecule has 0 bridgehead atoms. The molecule has 149 heavy (non-hydrogen) atoms. The highest BCUT2D eigenvalue weighted by molar-refractivity contribution is 8.13. The molecular formula is C85H112Cl4F17N27O11S5. The van der Waals surface area contributed by atoms with Gasteiger partial charge >= 0.3 is 11.9 Å². The molecule has 16 rings (SSSR count). The number of halogens is 21. The number of nitrogens with one attached hydrogen (secondary N) is 9. The number of rotatable bonds is 17. The van der Waals surface area contributed by atoms with Crippen molar-refractivity contribution in [3.8, 4) is 17.8 Å². The van der Waals surface area contributed by atoms with Gasteiger partial charge in [-0.05, 0) is 128 Å². The number of aromatic hydroxyl groups is 1. The van der Waals surface area contributed by atoms with Crippen molar-refractivity contribution in [2.75, 3.05) is 124 Å². The number of carbonyl (C=O) groups is 2. The molecule has 830 valence electrons. The van der Waals surface area contributed by atoms with E-state index in [9.17, 15) is 97.8 Å². The Morgan fingerprint density at radius 3 is 1.20 bits per heavy atom. The van der Waals surface area contributed by atoms with Crippen LogP contribution in [-0.4, -0.2) is 284 Å². The van der Waals surface area contributed by atoms with Crippen molar-refractivity contribution in [3.05, 3.63) is 130 Å². The molecule has 5 aliphatic carbocycles. The number of esters is 2. The van der Waals surface area contributed by atoms with E-state index >= 15 is 4.39 Å². The van der Waals surface area contributed by atoms with Crippen LogP contribution in [0.15, 0.2) is 67.0 Å². The van der Waals surface area contributed by atoms with Gasteiger partial charge in [0.2, 0.25) is 79.5 Å². The molecule has 0 unspecified atom stereocenters. The smallest absolute Gasteiger partial charge is 0.352 e. The van der Waals surface area contributed by atoms with Gasteiger partial charge in [-0.1, -0.05) is 93.5 Å². The number of sulfone groups is 1. The molecule has 9 aromatic heterocycles. The summed E-state index contributed by atoms with van der Waals surface area (Å²) in [6.45, 7) is 11.4. The number of amidine groups is 1. The third-order valence-corrected chi connectivity index (χ3v) is 25.4. The quantitative estimate of drug-likeness (QED) is 0.00589. The maximum Gasteiger partial charge on any atom is 0.352 e. The minimum Gasteiger partial charge on any atom is -0.491 e. The van der Waals surface area contributed by atoms with Crippen molar-refractivity contribution >= 4 is 149 Å². The van der Waals surface area contributed by atoms with Crippen LogP contribution in [0, 0.1) is 61.1 Å². The summed E-state index contributed by atoms with van der Waals surface area (Å²) in [4.78, 5) is 85.9. The number of aromatic amines is 3. The van der Waals surface area contributed by atoms with E-state index in [4.69, 9.17) is 77.9 Å². The number of hydrogen-bond acceptors (Lipinski definition) is 36. The van der Waals surface area contributed by atoms with Gasteiger partial charge in [0.15, 0.2) is 70.3 Å². The lowest BCUT2D eigenvalue weighted by Gasteiger charge is -2.31. The Balaban J connectivity index is 0.000000260. The summed E-state index contributed by atoms with van der Waals surface area (Å²) in [5.41, 5.74) is 11.1. The fourth-order valence-corrected chi connectivity index (χ4v) is 15.7. The zero-order valence-corrected chi connectivity index (χ0v) is 88.7. The van der Waals surface area contributed by atoms with Crippen LogP contribution in [-0.2, 0) is 38.4 Å². The lowest BCUT2D eigenvalue weighted by atomic mass is 9.92. The maximum atomic E-state index is 15.2. The van der Waals surface area contributed by atoms with E-state index in [1.165, 1.54) is 44.6 Å². The number of methoxy groups -OCH3 is 2. The first-order valence-electron chi connectivity index (χ1n) is 45.0. The fraction of sp³-hybridized carbons (Fsp3) is 0.576. The minimum atomic E-state index is -3.76. The number of carbonyl (C=O) groups excluding carboxylic acids is 2. The van der Waals surface area contributed by atoms with Gasteiger partial charge in [0.1, 0.15) is 0 Å². The van der Waals surface area contributed by atoms with E-state index in [1.807, 2.05) is 19.9 Å². The fourth-order valence-electron chi connectivity index (χ4n) is 13.3. The predicted octanol–water partition coefficient (Wildman–Crippen LogP) is 16.7. The molecule has 0 atom stereocenters. The zero-order valence-electron chi connectivity index (χ0n) is 81.5. The Hall–Kier alpha value is -9.92. The highest BCUT2D eigenvalue weighted by atomic mass is 35.5. The topological polar surface area (TPSA) is 524 Å². The summed E-state index contributed by atoms with van der Waals surface area (Å²) >= 11 is 27.1. The van der Waals surface area contributed by atoms with Crippen molar-refractivity contribution in [1.82, 2.24) is 94.9 Å². The second-order valence-corrected chi connectivity index (χ2v) is 39.6. The predicted molar refractivity (Wildman–Crippen MR) is 531 cm³/mol. The van der Waals surface area contributed by atoms with E-state index in [0.29, 0.717) is 49.5 Å². The number of aromatic nitrogens is 18. The molecule has 14 N–H and O–H groups in total. The third-order valence-electron chi connectivity index (χ3n) is 21.4. The molecule has 9 aromatic rings. The van der Waals surface area contributed by atoms with Gasteiger partial charge in [0, 0.05) is 151 Å². The molecule has 38 nitrogen and oxygen atoms in total. The van der Waals surface area contributed by atoms with Crippen molar-refractivity contribution in [2.24, 2.45) is 11.5 Å². The molecule has 0 amide bonds. The number of thioether (sulfide) groups is 4. The number of nitrogens with zero attached hydrogens (tertiary/aromatic N) is 16. The van der Waals surface area contributed by atoms with Crippen LogP contribution in [0.4, 0.5) is 104 Å². The number of hydrogen-bond donors (Lipinski definition) is 12. The lowest BCUT2D eigenvalue weighted by Crippen LogP contribution is -2.38. The highest BCUT2D eigenvalue weighted by Gasteiger charge is 2.41.